The highest BCUT2D eigenvalue weighted by Gasteiger charge is 2.28. The van der Waals surface area contributed by atoms with Gasteiger partial charge in [0.1, 0.15) is 5.82 Å². The van der Waals surface area contributed by atoms with E-state index in [0.717, 1.165) is 11.6 Å². The summed E-state index contributed by atoms with van der Waals surface area (Å²) in [5, 5.41) is 0. The van der Waals surface area contributed by atoms with Gasteiger partial charge in [0.15, 0.2) is 0 Å². The molecule has 1 fully saturated rings. The lowest BCUT2D eigenvalue weighted by molar-refractivity contribution is 0.0600. The number of carbonyl (C=O) groups excluding carboxylic acids is 1. The number of carbonyl (C=O) groups is 1. The normalized spacial score (nSPS) is 16.2. The Morgan fingerprint density at radius 1 is 1.07 bits per heavy atom. The van der Waals surface area contributed by atoms with Crippen LogP contribution in [0.25, 0.3) is 0 Å². The number of hydrogen-bond acceptors (Lipinski definition) is 5. The summed E-state index contributed by atoms with van der Waals surface area (Å²) in [4.78, 5) is 13.7. The Hall–Kier alpha value is -2.29. The molecule has 0 saturated carbocycles. The van der Waals surface area contributed by atoms with Crippen molar-refractivity contribution in [3.63, 3.8) is 0 Å². The molecule has 0 radical (unpaired) electrons. The Labute approximate surface area is 158 Å². The van der Waals surface area contributed by atoms with Crippen molar-refractivity contribution in [1.29, 1.82) is 0 Å². The number of nitrogens with zero attached hydrogens (tertiary/aromatic N) is 2. The van der Waals surface area contributed by atoms with Crippen LogP contribution < -0.4 is 0 Å². The van der Waals surface area contributed by atoms with E-state index in [4.69, 9.17) is 4.74 Å². The Morgan fingerprint density at radius 2 is 1.78 bits per heavy atom. The topological polar surface area (TPSA) is 66.9 Å². The van der Waals surface area contributed by atoms with Crippen molar-refractivity contribution < 1.29 is 22.3 Å². The first-order valence-corrected chi connectivity index (χ1v) is 9.99. The fraction of sp³-hybridized carbons (Fsp3) is 0.316. The Kier molecular flexibility index (Phi) is 5.88. The van der Waals surface area contributed by atoms with E-state index < -0.39 is 15.8 Å². The maximum Gasteiger partial charge on any atom is 0.337 e. The molecular formula is C19H21FN2O4S. The number of hydrogen-bond donors (Lipinski definition) is 0. The average Bonchev–Trinajstić information content (AvgIpc) is 2.68. The molecule has 1 saturated heterocycles. The third-order valence-corrected chi connectivity index (χ3v) is 6.41. The molecule has 0 bridgehead atoms. The van der Waals surface area contributed by atoms with E-state index >= 15 is 0 Å². The second kappa shape index (κ2) is 8.16. The van der Waals surface area contributed by atoms with Gasteiger partial charge < -0.3 is 4.74 Å². The van der Waals surface area contributed by atoms with Gasteiger partial charge in [-0.05, 0) is 35.9 Å². The zero-order valence-corrected chi connectivity index (χ0v) is 15.8. The van der Waals surface area contributed by atoms with E-state index in [1.807, 2.05) is 6.07 Å². The molecule has 0 aromatic heterocycles. The van der Waals surface area contributed by atoms with Crippen molar-refractivity contribution in [2.45, 2.75) is 11.4 Å². The monoisotopic (exact) mass is 392 g/mol. The Morgan fingerprint density at radius 3 is 2.44 bits per heavy atom. The second-order valence-electron chi connectivity index (χ2n) is 6.33. The minimum absolute atomic E-state index is 0.0262. The summed E-state index contributed by atoms with van der Waals surface area (Å²) in [6.45, 7) is 2.37. The van der Waals surface area contributed by atoms with Crippen molar-refractivity contribution in [2.24, 2.45) is 0 Å². The van der Waals surface area contributed by atoms with Crippen molar-refractivity contribution >= 4 is 16.0 Å². The van der Waals surface area contributed by atoms with Crippen LogP contribution in [0.1, 0.15) is 15.9 Å². The summed E-state index contributed by atoms with van der Waals surface area (Å²) in [5.41, 5.74) is 1.45. The van der Waals surface area contributed by atoms with Crippen LogP contribution in [0.15, 0.2) is 53.4 Å². The van der Waals surface area contributed by atoms with E-state index in [9.17, 15) is 17.6 Å². The molecule has 1 aliphatic rings. The maximum atomic E-state index is 13.4. The molecule has 2 aromatic carbocycles. The summed E-state index contributed by atoms with van der Waals surface area (Å²) in [6, 6.07) is 12.3. The minimum Gasteiger partial charge on any atom is -0.465 e. The summed E-state index contributed by atoms with van der Waals surface area (Å²) in [5.74, 6) is -0.956. The van der Waals surface area contributed by atoms with Gasteiger partial charge in [0.25, 0.3) is 0 Å². The molecule has 0 spiro atoms. The minimum atomic E-state index is -3.70. The molecule has 0 aliphatic carbocycles. The zero-order valence-electron chi connectivity index (χ0n) is 15.0. The van der Waals surface area contributed by atoms with Gasteiger partial charge in [-0.3, -0.25) is 4.90 Å². The van der Waals surface area contributed by atoms with Crippen LogP contribution in [-0.2, 0) is 21.3 Å². The second-order valence-corrected chi connectivity index (χ2v) is 8.27. The van der Waals surface area contributed by atoms with Crippen LogP contribution in [0, 0.1) is 5.82 Å². The lowest BCUT2D eigenvalue weighted by Gasteiger charge is -2.34. The standard InChI is InChI=1S/C19H21FN2O4S/c1-26-19(23)16-5-2-4-15(12-16)14-21-8-10-22(11-9-21)27(24,25)18-7-3-6-17(20)13-18/h2-7,12-13H,8-11,14H2,1H3. The largest absolute Gasteiger partial charge is 0.465 e. The molecule has 3 rings (SSSR count). The van der Waals surface area contributed by atoms with Gasteiger partial charge in [0.2, 0.25) is 10.0 Å². The third kappa shape index (κ3) is 4.52. The van der Waals surface area contributed by atoms with Crippen molar-refractivity contribution in [3.8, 4) is 0 Å². The quantitative estimate of drug-likeness (QED) is 0.730. The first-order valence-electron chi connectivity index (χ1n) is 8.55. The molecular weight excluding hydrogens is 371 g/mol. The van der Waals surface area contributed by atoms with Crippen LogP contribution in [0.2, 0.25) is 0 Å². The van der Waals surface area contributed by atoms with Crippen molar-refractivity contribution in [3.05, 3.63) is 65.5 Å². The van der Waals surface area contributed by atoms with Crippen molar-refractivity contribution in [2.75, 3.05) is 33.3 Å². The molecule has 27 heavy (non-hydrogen) atoms. The lowest BCUT2D eigenvalue weighted by Crippen LogP contribution is -2.48. The van der Waals surface area contributed by atoms with E-state index in [-0.39, 0.29) is 10.9 Å². The van der Waals surface area contributed by atoms with Gasteiger partial charge in [0, 0.05) is 32.7 Å². The van der Waals surface area contributed by atoms with E-state index in [2.05, 4.69) is 4.90 Å². The smallest absolute Gasteiger partial charge is 0.337 e. The first kappa shape index (κ1) is 19.5. The van der Waals surface area contributed by atoms with Crippen LogP contribution >= 0.6 is 0 Å². The molecule has 0 unspecified atom stereocenters. The molecule has 1 aliphatic heterocycles. The highest BCUT2D eigenvalue weighted by atomic mass is 32.2. The van der Waals surface area contributed by atoms with Gasteiger partial charge in [-0.25, -0.2) is 17.6 Å². The van der Waals surface area contributed by atoms with Gasteiger partial charge in [-0.15, -0.1) is 0 Å². The van der Waals surface area contributed by atoms with E-state index in [0.29, 0.717) is 38.3 Å². The van der Waals surface area contributed by atoms with Crippen molar-refractivity contribution in [1.82, 2.24) is 9.21 Å². The van der Waals surface area contributed by atoms with Crippen LogP contribution in [0.4, 0.5) is 4.39 Å². The van der Waals surface area contributed by atoms with Gasteiger partial charge in [-0.1, -0.05) is 18.2 Å². The lowest BCUT2D eigenvalue weighted by atomic mass is 10.1. The predicted molar refractivity (Wildman–Crippen MR) is 98.2 cm³/mol. The first-order chi connectivity index (χ1) is 12.9. The average molecular weight is 392 g/mol. The molecule has 144 valence electrons. The molecule has 1 heterocycles. The Bertz CT molecular complexity index is 925. The number of sulfonamides is 1. The predicted octanol–water partition coefficient (Wildman–Crippen LogP) is 2.12. The third-order valence-electron chi connectivity index (χ3n) is 4.52. The highest BCUT2D eigenvalue weighted by Crippen LogP contribution is 2.19. The molecule has 0 amide bonds. The van der Waals surface area contributed by atoms with Gasteiger partial charge in [-0.2, -0.15) is 4.31 Å². The van der Waals surface area contributed by atoms with Crippen LogP contribution in [-0.4, -0.2) is 56.9 Å². The number of esters is 1. The fourth-order valence-corrected chi connectivity index (χ4v) is 4.53. The summed E-state index contributed by atoms with van der Waals surface area (Å²) in [6.07, 6.45) is 0. The zero-order chi connectivity index (χ0) is 19.4. The number of halogens is 1. The number of rotatable bonds is 5. The summed E-state index contributed by atoms with van der Waals surface area (Å²) < 4.78 is 44.8. The molecule has 2 aromatic rings. The van der Waals surface area contributed by atoms with E-state index in [1.54, 1.807) is 18.2 Å². The summed E-state index contributed by atoms with van der Waals surface area (Å²) >= 11 is 0. The SMILES string of the molecule is COC(=O)c1cccc(CN2CCN(S(=O)(=O)c3cccc(F)c3)CC2)c1. The van der Waals surface area contributed by atoms with Crippen LogP contribution in [0.3, 0.4) is 0 Å². The number of ether oxygens (including phenoxy) is 1. The molecule has 0 atom stereocenters. The number of benzene rings is 2. The number of piperazine rings is 1. The maximum absolute atomic E-state index is 13.4. The molecule has 8 heteroatoms. The fourth-order valence-electron chi connectivity index (χ4n) is 3.08. The van der Waals surface area contributed by atoms with E-state index in [1.165, 1.54) is 29.6 Å². The molecule has 0 N–H and O–H groups in total. The van der Waals surface area contributed by atoms with Crippen LogP contribution in [0.5, 0.6) is 0 Å². The van der Waals surface area contributed by atoms with Gasteiger partial charge >= 0.3 is 5.97 Å². The highest BCUT2D eigenvalue weighted by molar-refractivity contribution is 7.89. The molecule has 6 nitrogen and oxygen atoms in total. The summed E-state index contributed by atoms with van der Waals surface area (Å²) in [7, 11) is -2.36. The Balaban J connectivity index is 1.63. The van der Waals surface area contributed by atoms with Gasteiger partial charge in [0.05, 0.1) is 17.6 Å². The number of methoxy groups -OCH3 is 1.